The lowest BCUT2D eigenvalue weighted by Crippen LogP contribution is -2.38. The van der Waals surface area contributed by atoms with Gasteiger partial charge in [0.25, 0.3) is 0 Å². The second-order valence-corrected chi connectivity index (χ2v) is 19.1. The van der Waals surface area contributed by atoms with Gasteiger partial charge in [-0.25, -0.2) is 9.08 Å². The summed E-state index contributed by atoms with van der Waals surface area (Å²) in [5.74, 6) is 1.60. The lowest BCUT2D eigenvalue weighted by Gasteiger charge is -2.37. The summed E-state index contributed by atoms with van der Waals surface area (Å²) in [7, 11) is 2.54. The molecule has 2 aliphatic heterocycles. The van der Waals surface area contributed by atoms with Crippen LogP contribution in [0, 0.1) is 6.92 Å². The maximum Gasteiger partial charge on any atom is 0.352 e. The van der Waals surface area contributed by atoms with Crippen molar-refractivity contribution < 1.29 is 28.4 Å². The highest BCUT2D eigenvalue weighted by Crippen LogP contribution is 2.43. The monoisotopic (exact) mass is 893 g/mol. The molecular weight excluding hydrogens is 827 g/mol. The summed E-state index contributed by atoms with van der Waals surface area (Å²) in [4.78, 5) is 18.1. The third-order valence-electron chi connectivity index (χ3n) is 12.2. The average Bonchev–Trinajstić information content (AvgIpc) is 3.71. The molecule has 0 radical (unpaired) electrons. The van der Waals surface area contributed by atoms with E-state index < -0.39 is 16.5 Å². The summed E-state index contributed by atoms with van der Waals surface area (Å²) in [6.45, 7) is 16.6. The number of rotatable bonds is 17. The second kappa shape index (κ2) is 21.7. The van der Waals surface area contributed by atoms with Crippen LogP contribution in [0.1, 0.15) is 54.6 Å². The van der Waals surface area contributed by atoms with E-state index >= 15 is 0 Å². The summed E-state index contributed by atoms with van der Waals surface area (Å²) >= 11 is 0. The van der Waals surface area contributed by atoms with Gasteiger partial charge in [-0.3, -0.25) is 14.3 Å². The molecule has 0 saturated carbocycles. The quantitative estimate of drug-likeness (QED) is 0.0677. The number of carbonyl (C=O) groups is 1. The van der Waals surface area contributed by atoms with E-state index in [2.05, 4.69) is 70.2 Å². The molecule has 4 aromatic carbocycles. The fraction of sp³-hybridized carbons (Fsp3) is 0.440. The molecule has 4 heterocycles. The van der Waals surface area contributed by atoms with Crippen LogP contribution in [0.4, 0.5) is 5.69 Å². The van der Waals surface area contributed by atoms with Gasteiger partial charge in [0.05, 0.1) is 36.7 Å². The normalized spacial score (nSPS) is 18.1. The van der Waals surface area contributed by atoms with Crippen LogP contribution in [-0.4, -0.2) is 120 Å². The Balaban J connectivity index is 0.00000302. The minimum absolute atomic E-state index is 0.290. The third-order valence-corrected chi connectivity index (χ3v) is 14.5. The SMILES string of the molecule is CC.CCN(C)OS1(C)CCN(c2ccc(OCc3c(-c4cccc5c(CCCOc6cccc7ccccc67)c(C(=O)O)n(CCN6CCOCC6)c45)c(C)nn3C)cc2)CCN1. The first-order valence-electron chi connectivity index (χ1n) is 22.8. The molecule has 0 amide bonds. The number of para-hydroxylation sites is 1. The molecule has 1 atom stereocenters. The molecule has 8 rings (SSSR count). The van der Waals surface area contributed by atoms with Crippen molar-refractivity contribution in [1.29, 1.82) is 0 Å². The first kappa shape index (κ1) is 46.9. The number of hydroxylamine groups is 2. The van der Waals surface area contributed by atoms with E-state index in [1.54, 1.807) is 0 Å². The molecule has 2 aromatic heterocycles. The number of benzene rings is 4. The van der Waals surface area contributed by atoms with Gasteiger partial charge in [0.15, 0.2) is 0 Å². The van der Waals surface area contributed by atoms with Crippen molar-refractivity contribution in [2.24, 2.45) is 7.05 Å². The number of aryl methyl sites for hydroxylation is 3. The number of nitrogens with zero attached hydrogens (tertiary/aromatic N) is 6. The Morgan fingerprint density at radius 3 is 2.42 bits per heavy atom. The molecule has 2 N–H and O–H groups in total. The van der Waals surface area contributed by atoms with Crippen LogP contribution >= 0.6 is 10.5 Å². The number of carboxylic acids is 1. The molecule has 0 bridgehead atoms. The molecule has 2 fully saturated rings. The Labute approximate surface area is 380 Å². The molecule has 13 nitrogen and oxygen atoms in total. The zero-order valence-electron chi connectivity index (χ0n) is 38.8. The van der Waals surface area contributed by atoms with Crippen LogP contribution in [0.3, 0.4) is 0 Å². The molecule has 0 spiro atoms. The molecule has 14 heteroatoms. The number of nitrogens with one attached hydrogen (secondary N) is 1. The van der Waals surface area contributed by atoms with Crippen molar-refractivity contribution in [3.05, 3.63) is 108 Å². The van der Waals surface area contributed by atoms with Crippen molar-refractivity contribution in [3.63, 3.8) is 0 Å². The number of anilines is 1. The summed E-state index contributed by atoms with van der Waals surface area (Å²) in [6, 6.07) is 28.8. The molecule has 1 unspecified atom stereocenters. The molecule has 2 saturated heterocycles. The van der Waals surface area contributed by atoms with Gasteiger partial charge in [0, 0.05) is 106 Å². The van der Waals surface area contributed by atoms with E-state index in [9.17, 15) is 9.90 Å². The number of aromatic nitrogens is 3. The number of ether oxygens (including phenoxy) is 3. The maximum absolute atomic E-state index is 13.4. The van der Waals surface area contributed by atoms with Gasteiger partial charge >= 0.3 is 5.97 Å². The molecule has 2 aliphatic rings. The standard InChI is InChI=1S/C48H61N7O6S.C2H6/c1-6-51(3)61-62(5)33-29-54(24-23-49-62)37-19-21-38(22-20-37)60-34-43-45(35(2)50-52(43)4)42-16-10-15-40-41(17-11-30-59-44-18-9-13-36-12-7-8-14-39(36)44)47(48(56)57)55(46(40)42)26-25-53-27-31-58-32-28-53;1-2/h7-10,12-16,18-22,49H,6,11,17,23-34H2,1-5H3,(H,56,57);1-2H3. The molecule has 344 valence electrons. The average molecular weight is 894 g/mol. The number of carboxylic acid groups (broad SMARTS) is 1. The van der Waals surface area contributed by atoms with E-state index in [0.717, 1.165) is 112 Å². The van der Waals surface area contributed by atoms with Gasteiger partial charge in [0.1, 0.15) is 23.8 Å². The first-order chi connectivity index (χ1) is 31.1. The largest absolute Gasteiger partial charge is 0.493 e. The van der Waals surface area contributed by atoms with Gasteiger partial charge in [-0.15, -0.1) is 0 Å². The summed E-state index contributed by atoms with van der Waals surface area (Å²) < 4.78 is 32.4. The van der Waals surface area contributed by atoms with Gasteiger partial charge in [-0.1, -0.05) is 85.9 Å². The van der Waals surface area contributed by atoms with E-state index in [4.69, 9.17) is 23.6 Å². The number of morpholine rings is 1. The Bertz CT molecular complexity index is 2480. The Morgan fingerprint density at radius 2 is 1.66 bits per heavy atom. The smallest absolute Gasteiger partial charge is 0.352 e. The zero-order valence-corrected chi connectivity index (χ0v) is 39.6. The summed E-state index contributed by atoms with van der Waals surface area (Å²) in [5, 5.41) is 20.9. The van der Waals surface area contributed by atoms with Crippen LogP contribution in [-0.2, 0) is 35.6 Å². The van der Waals surface area contributed by atoms with Crippen molar-refractivity contribution in [3.8, 4) is 22.6 Å². The first-order valence-corrected chi connectivity index (χ1v) is 25.0. The number of aromatic carboxylic acids is 1. The van der Waals surface area contributed by atoms with Crippen LogP contribution in [0.5, 0.6) is 11.5 Å². The van der Waals surface area contributed by atoms with Crippen LogP contribution in [0.2, 0.25) is 0 Å². The Kier molecular flexibility index (Phi) is 15.9. The Hall–Kier alpha value is -5.09. The van der Waals surface area contributed by atoms with Crippen molar-refractivity contribution >= 4 is 43.8 Å². The van der Waals surface area contributed by atoms with Crippen LogP contribution < -0.4 is 19.1 Å². The van der Waals surface area contributed by atoms with Gasteiger partial charge < -0.3 is 28.8 Å². The number of hydrogen-bond acceptors (Lipinski definition) is 10. The third kappa shape index (κ3) is 10.7. The van der Waals surface area contributed by atoms with Crippen molar-refractivity contribution in [2.45, 2.75) is 53.7 Å². The molecule has 0 aliphatic carbocycles. The van der Waals surface area contributed by atoms with Crippen LogP contribution in [0.15, 0.2) is 84.9 Å². The lowest BCUT2D eigenvalue weighted by atomic mass is 9.98. The van der Waals surface area contributed by atoms with Gasteiger partial charge in [0.2, 0.25) is 0 Å². The molecule has 64 heavy (non-hydrogen) atoms. The van der Waals surface area contributed by atoms with Gasteiger partial charge in [-0.05, 0) is 61.0 Å². The van der Waals surface area contributed by atoms with Gasteiger partial charge in [-0.2, -0.15) is 10.2 Å². The maximum atomic E-state index is 13.4. The summed E-state index contributed by atoms with van der Waals surface area (Å²) in [6.07, 6.45) is 3.40. The van der Waals surface area contributed by atoms with E-state index in [0.29, 0.717) is 58.1 Å². The minimum Gasteiger partial charge on any atom is -0.493 e. The van der Waals surface area contributed by atoms with Crippen molar-refractivity contribution in [2.75, 3.05) is 89.6 Å². The highest BCUT2D eigenvalue weighted by atomic mass is 32.3. The van der Waals surface area contributed by atoms with Crippen molar-refractivity contribution in [1.82, 2.24) is 29.0 Å². The highest BCUT2D eigenvalue weighted by Gasteiger charge is 2.28. The van der Waals surface area contributed by atoms with Crippen LogP contribution in [0.25, 0.3) is 32.8 Å². The summed E-state index contributed by atoms with van der Waals surface area (Å²) in [5.41, 5.74) is 6.89. The second-order valence-electron chi connectivity index (χ2n) is 16.3. The topological polar surface area (TPSA) is 119 Å². The lowest BCUT2D eigenvalue weighted by molar-refractivity contribution is -0.0111. The molecular formula is C50H67N7O6S. The highest BCUT2D eigenvalue weighted by molar-refractivity contribution is 8.27. The minimum atomic E-state index is -1.40. The van der Waals surface area contributed by atoms with E-state index in [1.807, 2.05) is 91.6 Å². The predicted octanol–water partition coefficient (Wildman–Crippen LogP) is 8.71. The fourth-order valence-electron chi connectivity index (χ4n) is 8.87. The number of fused-ring (bicyclic) bond motifs is 2. The predicted molar refractivity (Wildman–Crippen MR) is 261 cm³/mol. The number of hydrogen-bond donors (Lipinski definition) is 2. The zero-order chi connectivity index (χ0) is 45.2. The molecule has 6 aromatic rings. The van der Waals surface area contributed by atoms with E-state index in [-0.39, 0.29) is 0 Å². The fourth-order valence-corrected chi connectivity index (χ4v) is 10.9. The Morgan fingerprint density at radius 1 is 0.922 bits per heavy atom. The van der Waals surface area contributed by atoms with E-state index in [1.165, 1.54) is 0 Å².